The van der Waals surface area contributed by atoms with Gasteiger partial charge in [0.1, 0.15) is 5.82 Å². The number of halogens is 1. The van der Waals surface area contributed by atoms with Crippen molar-refractivity contribution in [2.24, 2.45) is 4.36 Å². The Hall–Kier alpha value is -3.83. The van der Waals surface area contributed by atoms with Crippen LogP contribution in [0.2, 0.25) is 0 Å². The molecule has 1 unspecified atom stereocenters. The van der Waals surface area contributed by atoms with Gasteiger partial charge in [-0.15, -0.1) is 0 Å². The molecule has 1 atom stereocenters. The van der Waals surface area contributed by atoms with Crippen LogP contribution in [0.5, 0.6) is 0 Å². The van der Waals surface area contributed by atoms with Crippen LogP contribution in [0.15, 0.2) is 70.2 Å². The first-order chi connectivity index (χ1) is 15.1. The fourth-order valence-corrected chi connectivity index (χ4v) is 3.97. The van der Waals surface area contributed by atoms with E-state index in [0.29, 0.717) is 27.3 Å². The fourth-order valence-electron chi connectivity index (χ4n) is 2.77. The molecule has 0 fully saturated rings. The summed E-state index contributed by atoms with van der Waals surface area (Å²) in [4.78, 5) is 28.2. The summed E-state index contributed by atoms with van der Waals surface area (Å²) >= 11 is 0. The normalized spacial score (nSPS) is 12.1. The fraction of sp³-hybridized carbons (Fsp3) is 0.125. The van der Waals surface area contributed by atoms with Crippen LogP contribution in [0.1, 0.15) is 34.0 Å². The van der Waals surface area contributed by atoms with E-state index >= 15 is 0 Å². The zero-order valence-electron chi connectivity index (χ0n) is 17.7. The van der Waals surface area contributed by atoms with Gasteiger partial charge in [0.05, 0.1) is 15.3 Å². The van der Waals surface area contributed by atoms with Crippen LogP contribution in [-0.4, -0.2) is 27.3 Å². The van der Waals surface area contributed by atoms with Gasteiger partial charge in [0.2, 0.25) is 5.91 Å². The Morgan fingerprint density at radius 3 is 2.53 bits per heavy atom. The van der Waals surface area contributed by atoms with Gasteiger partial charge in [-0.2, -0.15) is 4.36 Å². The van der Waals surface area contributed by atoms with Gasteiger partial charge in [-0.05, 0) is 55.0 Å². The first-order valence-electron chi connectivity index (χ1n) is 9.51. The van der Waals surface area contributed by atoms with Crippen LogP contribution in [0.4, 0.5) is 10.1 Å². The summed E-state index contributed by atoms with van der Waals surface area (Å²) in [7, 11) is -3.07. The summed E-state index contributed by atoms with van der Waals surface area (Å²) in [5.41, 5.74) is 2.17. The molecule has 0 aliphatic rings. The van der Waals surface area contributed by atoms with Crippen molar-refractivity contribution in [2.75, 3.05) is 11.6 Å². The molecule has 1 heterocycles. The Morgan fingerprint density at radius 1 is 1.06 bits per heavy atom. The molecule has 1 aromatic heterocycles. The summed E-state index contributed by atoms with van der Waals surface area (Å²) in [6.45, 7) is 3.01. The Morgan fingerprint density at radius 2 is 1.81 bits per heavy atom. The van der Waals surface area contributed by atoms with Gasteiger partial charge in [-0.1, -0.05) is 17.9 Å². The minimum atomic E-state index is -3.07. The molecule has 0 saturated heterocycles. The molecule has 0 aliphatic heterocycles. The van der Waals surface area contributed by atoms with Crippen LogP contribution in [0.25, 0.3) is 0 Å². The molecule has 1 N–H and O–H groups in total. The van der Waals surface area contributed by atoms with Crippen molar-refractivity contribution in [2.45, 2.75) is 18.7 Å². The van der Waals surface area contributed by atoms with Gasteiger partial charge >= 0.3 is 0 Å². The number of benzene rings is 2. The number of anilines is 1. The van der Waals surface area contributed by atoms with E-state index in [1.165, 1.54) is 43.8 Å². The predicted molar refractivity (Wildman–Crippen MR) is 121 cm³/mol. The number of carbonyl (C=O) groups is 2. The number of amides is 2. The lowest BCUT2D eigenvalue weighted by Gasteiger charge is -2.07. The predicted octanol–water partition coefficient (Wildman–Crippen LogP) is 4.18. The minimum absolute atomic E-state index is 0.139. The van der Waals surface area contributed by atoms with Crippen LogP contribution in [0.3, 0.4) is 0 Å². The van der Waals surface area contributed by atoms with Crippen LogP contribution in [-0.2, 0) is 14.5 Å². The molecule has 2 aromatic carbocycles. The molecular weight excluding hydrogens is 429 g/mol. The van der Waals surface area contributed by atoms with E-state index in [1.54, 1.807) is 37.3 Å². The van der Waals surface area contributed by atoms with Crippen molar-refractivity contribution in [1.29, 1.82) is 0 Å². The molecule has 3 aromatic rings. The molecule has 0 spiro atoms. The van der Waals surface area contributed by atoms with Crippen molar-refractivity contribution in [3.63, 3.8) is 0 Å². The largest absolute Gasteiger partial charge is 0.326 e. The number of hydrogen-bond donors (Lipinski definition) is 1. The van der Waals surface area contributed by atoms with Gasteiger partial charge < -0.3 is 5.32 Å². The lowest BCUT2D eigenvalue weighted by molar-refractivity contribution is -0.114. The number of nitrogens with zero attached hydrogens (tertiary/aromatic N) is 2. The topological polar surface area (TPSA) is 88.5 Å². The van der Waals surface area contributed by atoms with Crippen molar-refractivity contribution >= 4 is 27.2 Å². The summed E-state index contributed by atoms with van der Waals surface area (Å²) in [6.07, 6.45) is 4.16. The molecule has 0 saturated carbocycles. The van der Waals surface area contributed by atoms with E-state index < -0.39 is 15.6 Å². The van der Waals surface area contributed by atoms with E-state index in [9.17, 15) is 18.2 Å². The summed E-state index contributed by atoms with van der Waals surface area (Å²) in [5.74, 6) is 4.51. The maximum atomic E-state index is 13.4. The zero-order chi connectivity index (χ0) is 23.3. The third-order valence-corrected chi connectivity index (χ3v) is 5.99. The molecular formula is C24H20FN3O3S. The van der Waals surface area contributed by atoms with Gasteiger partial charge in [-0.25, -0.2) is 8.60 Å². The van der Waals surface area contributed by atoms with E-state index in [2.05, 4.69) is 26.5 Å². The number of pyridine rings is 1. The standard InChI is InChI=1S/C24H20FN3O3S/c1-16-11-18(9-10-23(16)25)7-8-19-12-20(15-26-14-19)24(30)28-32(3,31)22-6-4-5-21(13-22)27-17(2)29/h4-6,9-15H,1-3H3,(H,27,29). The zero-order valence-corrected chi connectivity index (χ0v) is 18.5. The summed E-state index contributed by atoms with van der Waals surface area (Å²) in [5, 5.41) is 2.61. The lowest BCUT2D eigenvalue weighted by atomic mass is 10.1. The Kier molecular flexibility index (Phi) is 6.81. The highest BCUT2D eigenvalue weighted by Gasteiger charge is 2.13. The van der Waals surface area contributed by atoms with Crippen LogP contribution in [0, 0.1) is 24.6 Å². The summed E-state index contributed by atoms with van der Waals surface area (Å²) in [6, 6.07) is 12.4. The number of rotatable bonds is 3. The van der Waals surface area contributed by atoms with Crippen LogP contribution < -0.4 is 5.32 Å². The maximum Gasteiger partial charge on any atom is 0.286 e. The van der Waals surface area contributed by atoms with Crippen LogP contribution >= 0.6 is 0 Å². The van der Waals surface area contributed by atoms with E-state index in [-0.39, 0.29) is 17.3 Å². The maximum absolute atomic E-state index is 13.4. The van der Waals surface area contributed by atoms with E-state index in [1.807, 2.05) is 0 Å². The Labute approximate surface area is 186 Å². The first kappa shape index (κ1) is 22.8. The van der Waals surface area contributed by atoms with Gasteiger partial charge in [-0.3, -0.25) is 14.6 Å². The molecule has 162 valence electrons. The molecule has 8 heteroatoms. The molecule has 3 rings (SSSR count). The number of hydrogen-bond acceptors (Lipinski definition) is 4. The average molecular weight is 450 g/mol. The van der Waals surface area contributed by atoms with Gasteiger partial charge in [0, 0.05) is 47.3 Å². The number of nitrogens with one attached hydrogen (secondary N) is 1. The highest BCUT2D eigenvalue weighted by Crippen LogP contribution is 2.18. The number of aryl methyl sites for hydroxylation is 1. The van der Waals surface area contributed by atoms with Crippen molar-refractivity contribution in [3.05, 3.63) is 89.0 Å². The van der Waals surface area contributed by atoms with E-state index in [0.717, 1.165) is 0 Å². The minimum Gasteiger partial charge on any atom is -0.326 e. The third-order valence-electron chi connectivity index (χ3n) is 4.34. The summed E-state index contributed by atoms with van der Waals surface area (Å²) < 4.78 is 30.4. The molecule has 0 bridgehead atoms. The lowest BCUT2D eigenvalue weighted by Crippen LogP contribution is -2.08. The highest BCUT2D eigenvalue weighted by atomic mass is 32.2. The smallest absolute Gasteiger partial charge is 0.286 e. The molecule has 32 heavy (non-hydrogen) atoms. The Balaban J connectivity index is 1.88. The molecule has 2 amide bonds. The van der Waals surface area contributed by atoms with E-state index in [4.69, 9.17) is 0 Å². The second-order valence-corrected chi connectivity index (χ2v) is 9.34. The highest BCUT2D eigenvalue weighted by molar-refractivity contribution is 7.93. The average Bonchev–Trinajstić information content (AvgIpc) is 2.74. The SMILES string of the molecule is CC(=O)Nc1cccc(S(C)(=O)=NC(=O)c2cncc(C#Cc3ccc(F)c(C)c3)c2)c1. The van der Waals surface area contributed by atoms with Crippen molar-refractivity contribution in [3.8, 4) is 11.8 Å². The van der Waals surface area contributed by atoms with Crippen molar-refractivity contribution in [1.82, 2.24) is 4.98 Å². The van der Waals surface area contributed by atoms with Gasteiger partial charge in [0.25, 0.3) is 5.91 Å². The molecule has 6 nitrogen and oxygen atoms in total. The first-order valence-corrected chi connectivity index (χ1v) is 11.4. The molecule has 0 aliphatic carbocycles. The second kappa shape index (κ2) is 9.54. The van der Waals surface area contributed by atoms with Gasteiger partial charge in [0.15, 0.2) is 0 Å². The second-order valence-electron chi connectivity index (χ2n) is 7.08. The monoisotopic (exact) mass is 449 g/mol. The number of aromatic nitrogens is 1. The quantitative estimate of drug-likeness (QED) is 0.608. The number of carbonyl (C=O) groups excluding carboxylic acids is 2. The molecule has 0 radical (unpaired) electrons. The van der Waals surface area contributed by atoms with Crippen molar-refractivity contribution < 1.29 is 18.2 Å². The third kappa shape index (κ3) is 5.86. The Bertz CT molecular complexity index is 1400.